The molecule has 0 aliphatic heterocycles. The first-order valence-electron chi connectivity index (χ1n) is 7.61. The molecule has 1 rings (SSSR count). The van der Waals surface area contributed by atoms with E-state index >= 15 is 0 Å². The average Bonchev–Trinajstić information content (AvgIpc) is 2.78. The molecule has 0 N–H and O–H groups in total. The molecule has 0 aromatic carbocycles. The molecule has 18 heavy (non-hydrogen) atoms. The average molecular weight is 251 g/mol. The van der Waals surface area contributed by atoms with Crippen molar-refractivity contribution in [1.29, 1.82) is 0 Å². The summed E-state index contributed by atoms with van der Waals surface area (Å²) < 4.78 is 2.09. The molecule has 0 aliphatic carbocycles. The van der Waals surface area contributed by atoms with Crippen LogP contribution in [0, 0.1) is 5.92 Å². The van der Waals surface area contributed by atoms with Crippen LogP contribution in [0.15, 0.2) is 6.20 Å². The predicted octanol–water partition coefficient (Wildman–Crippen LogP) is 4.23. The quantitative estimate of drug-likeness (QED) is 0.583. The van der Waals surface area contributed by atoms with Crippen LogP contribution in [0.25, 0.3) is 0 Å². The normalized spacial score (nSPS) is 11.3. The van der Waals surface area contributed by atoms with Gasteiger partial charge in [0.1, 0.15) is 0 Å². The molecule has 0 saturated carbocycles. The molecular formula is C15H29N3. The number of aryl methyl sites for hydroxylation is 2. The second-order valence-electron chi connectivity index (χ2n) is 5.65. The van der Waals surface area contributed by atoms with Gasteiger partial charge in [0.25, 0.3) is 0 Å². The fourth-order valence-corrected chi connectivity index (χ4v) is 2.13. The molecule has 104 valence electrons. The fourth-order valence-electron chi connectivity index (χ4n) is 2.13. The lowest BCUT2D eigenvalue weighted by Crippen LogP contribution is -2.07. The Morgan fingerprint density at radius 1 is 1.11 bits per heavy atom. The van der Waals surface area contributed by atoms with E-state index in [0.29, 0.717) is 0 Å². The van der Waals surface area contributed by atoms with E-state index in [1.54, 1.807) is 0 Å². The second-order valence-corrected chi connectivity index (χ2v) is 5.65. The number of nitrogens with zero attached hydrogens (tertiary/aromatic N) is 3. The zero-order valence-electron chi connectivity index (χ0n) is 12.4. The molecule has 1 aromatic heterocycles. The lowest BCUT2D eigenvalue weighted by Gasteiger charge is -2.08. The van der Waals surface area contributed by atoms with Crippen LogP contribution in [0.3, 0.4) is 0 Å². The highest BCUT2D eigenvalue weighted by Gasteiger charge is 2.04. The molecule has 0 bridgehead atoms. The molecule has 1 heterocycles. The van der Waals surface area contributed by atoms with E-state index in [0.717, 1.165) is 18.9 Å². The van der Waals surface area contributed by atoms with Gasteiger partial charge in [-0.15, -0.1) is 5.10 Å². The third-order valence-corrected chi connectivity index (χ3v) is 3.40. The predicted molar refractivity (Wildman–Crippen MR) is 76.6 cm³/mol. The number of hydrogen-bond acceptors (Lipinski definition) is 2. The molecule has 3 nitrogen and oxygen atoms in total. The van der Waals surface area contributed by atoms with E-state index in [2.05, 4.69) is 35.8 Å². The van der Waals surface area contributed by atoms with E-state index in [1.807, 2.05) is 6.20 Å². The van der Waals surface area contributed by atoms with Crippen LogP contribution in [0.1, 0.15) is 71.4 Å². The van der Waals surface area contributed by atoms with Gasteiger partial charge in [-0.2, -0.15) is 0 Å². The minimum atomic E-state index is 0.732. The van der Waals surface area contributed by atoms with Crippen molar-refractivity contribution in [3.8, 4) is 0 Å². The summed E-state index contributed by atoms with van der Waals surface area (Å²) in [5.41, 5.74) is 1.31. The lowest BCUT2D eigenvalue weighted by atomic mass is 10.1. The zero-order chi connectivity index (χ0) is 13.2. The van der Waals surface area contributed by atoms with E-state index in [9.17, 15) is 0 Å². The molecule has 0 unspecified atom stereocenters. The molecule has 1 aromatic rings. The van der Waals surface area contributed by atoms with Gasteiger partial charge in [0.15, 0.2) is 0 Å². The maximum Gasteiger partial charge on any atom is 0.0725 e. The fraction of sp³-hybridized carbons (Fsp3) is 0.867. The molecule has 0 amide bonds. The number of unbranched alkanes of at least 4 members (excludes halogenated alkanes) is 5. The van der Waals surface area contributed by atoms with Crippen LogP contribution in [0.4, 0.5) is 0 Å². The van der Waals surface area contributed by atoms with E-state index in [1.165, 1.54) is 50.6 Å². The molecule has 0 saturated heterocycles. The third kappa shape index (κ3) is 6.18. The summed E-state index contributed by atoms with van der Waals surface area (Å²) in [4.78, 5) is 0. The van der Waals surface area contributed by atoms with Crippen LogP contribution in [-0.2, 0) is 13.0 Å². The van der Waals surface area contributed by atoms with Crippen molar-refractivity contribution in [2.24, 2.45) is 5.92 Å². The molecule has 0 spiro atoms. The summed E-state index contributed by atoms with van der Waals surface area (Å²) in [7, 11) is 0. The molecule has 0 atom stereocenters. The van der Waals surface area contributed by atoms with Crippen molar-refractivity contribution >= 4 is 0 Å². The monoisotopic (exact) mass is 251 g/mol. The van der Waals surface area contributed by atoms with E-state index in [4.69, 9.17) is 0 Å². The molecule has 0 aliphatic rings. The smallest absolute Gasteiger partial charge is 0.0725 e. The summed E-state index contributed by atoms with van der Waals surface area (Å²) in [6.45, 7) is 7.79. The van der Waals surface area contributed by atoms with Gasteiger partial charge in [-0.25, -0.2) is 4.68 Å². The maximum atomic E-state index is 4.18. The van der Waals surface area contributed by atoms with Crippen molar-refractivity contribution < 1.29 is 0 Å². The van der Waals surface area contributed by atoms with Gasteiger partial charge in [-0.05, 0) is 25.2 Å². The first-order valence-corrected chi connectivity index (χ1v) is 7.61. The highest BCUT2D eigenvalue weighted by molar-refractivity contribution is 4.93. The van der Waals surface area contributed by atoms with E-state index in [-0.39, 0.29) is 0 Å². The van der Waals surface area contributed by atoms with Gasteiger partial charge in [0.05, 0.1) is 11.9 Å². The number of aromatic nitrogens is 3. The topological polar surface area (TPSA) is 30.7 Å². The van der Waals surface area contributed by atoms with Gasteiger partial charge in [-0.3, -0.25) is 0 Å². The van der Waals surface area contributed by atoms with Crippen molar-refractivity contribution in [2.45, 2.75) is 78.7 Å². The Morgan fingerprint density at radius 3 is 2.56 bits per heavy atom. The molecule has 3 heteroatoms. The Labute approximate surface area is 112 Å². The number of hydrogen-bond donors (Lipinski definition) is 0. The lowest BCUT2D eigenvalue weighted by molar-refractivity contribution is 0.463. The van der Waals surface area contributed by atoms with Crippen molar-refractivity contribution in [1.82, 2.24) is 15.0 Å². The van der Waals surface area contributed by atoms with Crippen LogP contribution < -0.4 is 0 Å². The molecular weight excluding hydrogens is 222 g/mol. The number of rotatable bonds is 10. The summed E-state index contributed by atoms with van der Waals surface area (Å²) in [5, 5.41) is 8.22. The minimum absolute atomic E-state index is 0.732. The minimum Gasteiger partial charge on any atom is -0.249 e. The standard InChI is InChI=1S/C15H29N3/c1-4-5-6-7-8-9-10-15-13-16-17-18(15)12-11-14(2)3/h13-14H,4-12H2,1-3H3. The van der Waals surface area contributed by atoms with Gasteiger partial charge in [0, 0.05) is 6.54 Å². The SMILES string of the molecule is CCCCCCCCc1cnnn1CCC(C)C. The zero-order valence-corrected chi connectivity index (χ0v) is 12.4. The Kier molecular flexibility index (Phi) is 7.70. The summed E-state index contributed by atoms with van der Waals surface area (Å²) in [6.07, 6.45) is 12.4. The Bertz CT molecular complexity index is 304. The van der Waals surface area contributed by atoms with Crippen LogP contribution >= 0.6 is 0 Å². The van der Waals surface area contributed by atoms with E-state index < -0.39 is 0 Å². The van der Waals surface area contributed by atoms with Crippen LogP contribution in [0.2, 0.25) is 0 Å². The van der Waals surface area contributed by atoms with Gasteiger partial charge in [0.2, 0.25) is 0 Å². The molecule has 0 radical (unpaired) electrons. The summed E-state index contributed by atoms with van der Waals surface area (Å²) >= 11 is 0. The highest BCUT2D eigenvalue weighted by Crippen LogP contribution is 2.10. The highest BCUT2D eigenvalue weighted by atomic mass is 15.4. The first-order chi connectivity index (χ1) is 8.74. The van der Waals surface area contributed by atoms with Crippen LogP contribution in [-0.4, -0.2) is 15.0 Å². The van der Waals surface area contributed by atoms with Crippen LogP contribution in [0.5, 0.6) is 0 Å². The summed E-state index contributed by atoms with van der Waals surface area (Å²) in [5.74, 6) is 0.732. The Hall–Kier alpha value is -0.860. The van der Waals surface area contributed by atoms with Crippen molar-refractivity contribution in [2.75, 3.05) is 0 Å². The van der Waals surface area contributed by atoms with Crippen molar-refractivity contribution in [3.63, 3.8) is 0 Å². The Balaban J connectivity index is 2.19. The second kappa shape index (κ2) is 9.12. The largest absolute Gasteiger partial charge is 0.249 e. The Morgan fingerprint density at radius 2 is 1.83 bits per heavy atom. The van der Waals surface area contributed by atoms with Gasteiger partial charge < -0.3 is 0 Å². The first kappa shape index (κ1) is 15.2. The van der Waals surface area contributed by atoms with Gasteiger partial charge >= 0.3 is 0 Å². The third-order valence-electron chi connectivity index (χ3n) is 3.40. The molecule has 0 fully saturated rings. The van der Waals surface area contributed by atoms with Gasteiger partial charge in [-0.1, -0.05) is 58.1 Å². The maximum absolute atomic E-state index is 4.18. The van der Waals surface area contributed by atoms with Crippen molar-refractivity contribution in [3.05, 3.63) is 11.9 Å². The summed E-state index contributed by atoms with van der Waals surface area (Å²) in [6, 6.07) is 0.